The van der Waals surface area contributed by atoms with Crippen molar-refractivity contribution in [3.05, 3.63) is 29.8 Å². The molecule has 0 aliphatic carbocycles. The van der Waals surface area contributed by atoms with Gasteiger partial charge in [0.25, 0.3) is 5.91 Å². The highest BCUT2D eigenvalue weighted by molar-refractivity contribution is 7.89. The number of benzene rings is 1. The molecule has 2 N–H and O–H groups in total. The molecule has 1 aromatic rings. The number of esters is 1. The number of amides is 1. The van der Waals surface area contributed by atoms with E-state index < -0.39 is 16.0 Å². The minimum atomic E-state index is -3.56. The molecule has 7 nitrogen and oxygen atoms in total. The Morgan fingerprint density at radius 1 is 1.17 bits per heavy atom. The van der Waals surface area contributed by atoms with Crippen LogP contribution in [0.2, 0.25) is 0 Å². The number of nitrogens with one attached hydrogen (secondary N) is 2. The first kappa shape index (κ1) is 20.1. The van der Waals surface area contributed by atoms with Gasteiger partial charge in [-0.05, 0) is 37.6 Å². The fraction of sp³-hybridized carbons (Fsp3) is 0.500. The maximum absolute atomic E-state index is 11.9. The summed E-state index contributed by atoms with van der Waals surface area (Å²) >= 11 is 0. The van der Waals surface area contributed by atoms with E-state index in [0.717, 1.165) is 12.8 Å². The van der Waals surface area contributed by atoms with E-state index in [1.54, 1.807) is 6.92 Å². The van der Waals surface area contributed by atoms with Gasteiger partial charge in [0.1, 0.15) is 0 Å². The van der Waals surface area contributed by atoms with Crippen LogP contribution in [-0.2, 0) is 19.6 Å². The van der Waals surface area contributed by atoms with Gasteiger partial charge in [0, 0.05) is 12.6 Å². The van der Waals surface area contributed by atoms with Gasteiger partial charge in [0.15, 0.2) is 6.61 Å². The van der Waals surface area contributed by atoms with Gasteiger partial charge in [-0.2, -0.15) is 0 Å². The zero-order valence-electron chi connectivity index (χ0n) is 14.2. The summed E-state index contributed by atoms with van der Waals surface area (Å²) in [6.45, 7) is 5.48. The molecular formula is C16H24N2O5S. The molecule has 1 rings (SSSR count). The summed E-state index contributed by atoms with van der Waals surface area (Å²) in [5.74, 6) is -1.05. The van der Waals surface area contributed by atoms with E-state index in [2.05, 4.69) is 10.0 Å². The molecule has 1 unspecified atom stereocenters. The third kappa shape index (κ3) is 6.29. The highest BCUT2D eigenvalue weighted by atomic mass is 32.2. The van der Waals surface area contributed by atoms with E-state index in [0.29, 0.717) is 0 Å². The fourth-order valence-electron chi connectivity index (χ4n) is 2.08. The van der Waals surface area contributed by atoms with Crippen LogP contribution in [0, 0.1) is 0 Å². The van der Waals surface area contributed by atoms with Crippen molar-refractivity contribution in [3.63, 3.8) is 0 Å². The second kappa shape index (κ2) is 9.39. The molecule has 0 bridgehead atoms. The minimum Gasteiger partial charge on any atom is -0.452 e. The van der Waals surface area contributed by atoms with Crippen molar-refractivity contribution in [2.24, 2.45) is 0 Å². The first-order valence-electron chi connectivity index (χ1n) is 7.86. The van der Waals surface area contributed by atoms with Crippen LogP contribution in [0.1, 0.15) is 44.0 Å². The zero-order chi connectivity index (χ0) is 18.2. The summed E-state index contributed by atoms with van der Waals surface area (Å²) in [6.07, 6.45) is 1.80. The molecule has 0 saturated heterocycles. The van der Waals surface area contributed by atoms with Crippen molar-refractivity contribution in [2.45, 2.75) is 44.6 Å². The van der Waals surface area contributed by atoms with E-state index in [9.17, 15) is 18.0 Å². The number of carbonyl (C=O) groups is 2. The summed E-state index contributed by atoms with van der Waals surface area (Å²) in [4.78, 5) is 23.6. The maximum atomic E-state index is 11.9. The molecule has 0 aromatic heterocycles. The van der Waals surface area contributed by atoms with Crippen LogP contribution >= 0.6 is 0 Å². The number of hydrogen-bond acceptors (Lipinski definition) is 5. The van der Waals surface area contributed by atoms with Gasteiger partial charge in [-0.1, -0.05) is 20.3 Å². The minimum absolute atomic E-state index is 0.0248. The molecule has 1 atom stereocenters. The van der Waals surface area contributed by atoms with E-state index in [1.165, 1.54) is 24.3 Å². The van der Waals surface area contributed by atoms with Crippen LogP contribution < -0.4 is 10.0 Å². The van der Waals surface area contributed by atoms with E-state index in [-0.39, 0.29) is 35.6 Å². The molecule has 8 heteroatoms. The predicted octanol–water partition coefficient (Wildman–Crippen LogP) is 1.45. The summed E-state index contributed by atoms with van der Waals surface area (Å²) in [7, 11) is -3.56. The van der Waals surface area contributed by atoms with Crippen molar-refractivity contribution in [1.29, 1.82) is 0 Å². The Kier molecular flexibility index (Phi) is 7.87. The highest BCUT2D eigenvalue weighted by Gasteiger charge is 2.15. The summed E-state index contributed by atoms with van der Waals surface area (Å²) in [6, 6.07) is 5.36. The number of rotatable bonds is 9. The fourth-order valence-corrected chi connectivity index (χ4v) is 3.12. The Bertz CT molecular complexity index is 656. The molecule has 24 heavy (non-hydrogen) atoms. The van der Waals surface area contributed by atoms with Gasteiger partial charge < -0.3 is 10.1 Å². The summed E-state index contributed by atoms with van der Waals surface area (Å²) < 4.78 is 30.9. The molecule has 0 aliphatic rings. The quantitative estimate of drug-likeness (QED) is 0.652. The highest BCUT2D eigenvalue weighted by Crippen LogP contribution is 2.11. The van der Waals surface area contributed by atoms with Crippen LogP contribution in [0.3, 0.4) is 0 Å². The van der Waals surface area contributed by atoms with Gasteiger partial charge in [0.05, 0.1) is 10.5 Å². The van der Waals surface area contributed by atoms with Crippen LogP contribution in [0.15, 0.2) is 29.2 Å². The third-order valence-electron chi connectivity index (χ3n) is 3.20. The average molecular weight is 356 g/mol. The predicted molar refractivity (Wildman–Crippen MR) is 90.1 cm³/mol. The Labute approximate surface area is 142 Å². The van der Waals surface area contributed by atoms with Crippen LogP contribution in [0.5, 0.6) is 0 Å². The Morgan fingerprint density at radius 3 is 2.33 bits per heavy atom. The second-order valence-electron chi connectivity index (χ2n) is 5.36. The average Bonchev–Trinajstić information content (AvgIpc) is 2.53. The topological polar surface area (TPSA) is 102 Å². The maximum Gasteiger partial charge on any atom is 0.338 e. The van der Waals surface area contributed by atoms with Crippen LogP contribution in [0.25, 0.3) is 0 Å². The molecule has 1 amide bonds. The van der Waals surface area contributed by atoms with Crippen molar-refractivity contribution in [3.8, 4) is 0 Å². The first-order chi connectivity index (χ1) is 11.3. The third-order valence-corrected chi connectivity index (χ3v) is 4.76. The Morgan fingerprint density at radius 2 is 1.79 bits per heavy atom. The number of sulfonamides is 1. The molecule has 0 spiro atoms. The van der Waals surface area contributed by atoms with Crippen molar-refractivity contribution in [2.75, 3.05) is 13.2 Å². The number of hydrogen-bond donors (Lipinski definition) is 2. The molecule has 0 saturated carbocycles. The van der Waals surface area contributed by atoms with Crippen molar-refractivity contribution >= 4 is 21.9 Å². The molecule has 134 valence electrons. The first-order valence-corrected chi connectivity index (χ1v) is 9.34. The smallest absolute Gasteiger partial charge is 0.338 e. The normalized spacial score (nSPS) is 12.5. The molecule has 0 aliphatic heterocycles. The van der Waals surface area contributed by atoms with Gasteiger partial charge >= 0.3 is 5.97 Å². The molecule has 1 aromatic carbocycles. The van der Waals surface area contributed by atoms with Gasteiger partial charge in [-0.3, -0.25) is 4.79 Å². The van der Waals surface area contributed by atoms with Gasteiger partial charge in [0.2, 0.25) is 10.0 Å². The van der Waals surface area contributed by atoms with Crippen molar-refractivity contribution in [1.82, 2.24) is 10.0 Å². The van der Waals surface area contributed by atoms with Crippen LogP contribution in [-0.4, -0.2) is 39.5 Å². The zero-order valence-corrected chi connectivity index (χ0v) is 15.0. The molecule has 0 fully saturated rings. The SMILES string of the molecule is CCCC(C)NC(=O)COC(=O)c1ccc(S(=O)(=O)NCC)cc1. The summed E-state index contributed by atoms with van der Waals surface area (Å²) in [5, 5.41) is 2.73. The second-order valence-corrected chi connectivity index (χ2v) is 7.13. The van der Waals surface area contributed by atoms with Crippen molar-refractivity contribution < 1.29 is 22.7 Å². The lowest BCUT2D eigenvalue weighted by molar-refractivity contribution is -0.124. The standard InChI is InChI=1S/C16H24N2O5S/c1-4-6-12(3)18-15(19)11-23-16(20)13-7-9-14(10-8-13)24(21,22)17-5-2/h7-10,12,17H,4-6,11H2,1-3H3,(H,18,19). The molecule has 0 radical (unpaired) electrons. The lowest BCUT2D eigenvalue weighted by Gasteiger charge is -2.12. The largest absolute Gasteiger partial charge is 0.452 e. The molecular weight excluding hydrogens is 332 g/mol. The monoisotopic (exact) mass is 356 g/mol. The Balaban J connectivity index is 2.59. The Hall–Kier alpha value is -1.93. The lowest BCUT2D eigenvalue weighted by atomic mass is 10.2. The van der Waals surface area contributed by atoms with E-state index >= 15 is 0 Å². The van der Waals surface area contributed by atoms with Crippen LogP contribution in [0.4, 0.5) is 0 Å². The van der Waals surface area contributed by atoms with Gasteiger partial charge in [-0.15, -0.1) is 0 Å². The van der Waals surface area contributed by atoms with Gasteiger partial charge in [-0.25, -0.2) is 17.9 Å². The number of ether oxygens (including phenoxy) is 1. The lowest BCUT2D eigenvalue weighted by Crippen LogP contribution is -2.35. The van der Waals surface area contributed by atoms with E-state index in [4.69, 9.17) is 4.74 Å². The van der Waals surface area contributed by atoms with E-state index in [1.807, 2.05) is 13.8 Å². The number of carbonyl (C=O) groups excluding carboxylic acids is 2. The summed E-state index contributed by atoms with van der Waals surface area (Å²) in [5.41, 5.74) is 0.180. The molecule has 0 heterocycles.